The van der Waals surface area contributed by atoms with E-state index in [0.29, 0.717) is 13.1 Å². The van der Waals surface area contributed by atoms with Crippen LogP contribution < -0.4 is 10.6 Å². The first-order valence-corrected chi connectivity index (χ1v) is 13.1. The summed E-state index contributed by atoms with van der Waals surface area (Å²) in [5, 5.41) is 5.69. The lowest BCUT2D eigenvalue weighted by Gasteiger charge is -2.34. The molecule has 0 spiro atoms. The number of hydrogen-bond donors (Lipinski definition) is 2. The zero-order chi connectivity index (χ0) is 26.6. The number of benzene rings is 1. The van der Waals surface area contributed by atoms with Gasteiger partial charge in [-0.05, 0) is 65.5 Å². The molecule has 3 amide bonds. The molecule has 0 heterocycles. The van der Waals surface area contributed by atoms with E-state index < -0.39 is 23.8 Å². The number of amides is 3. The van der Waals surface area contributed by atoms with Crippen molar-refractivity contribution < 1.29 is 19.1 Å². The van der Waals surface area contributed by atoms with Gasteiger partial charge in [0.05, 0.1) is 0 Å². The lowest BCUT2D eigenvalue weighted by atomic mass is 9.96. The minimum atomic E-state index is -0.841. The molecule has 1 aromatic rings. The first-order valence-electron chi connectivity index (χ1n) is 13.1. The van der Waals surface area contributed by atoms with E-state index in [0.717, 1.165) is 55.2 Å². The molecule has 2 unspecified atom stereocenters. The van der Waals surface area contributed by atoms with E-state index in [1.54, 1.807) is 32.6 Å². The van der Waals surface area contributed by atoms with E-state index in [2.05, 4.69) is 24.5 Å². The van der Waals surface area contributed by atoms with Gasteiger partial charge in [0.2, 0.25) is 11.8 Å². The maximum absolute atomic E-state index is 13.7. The molecule has 198 valence electrons. The Morgan fingerprint density at radius 2 is 1.66 bits per heavy atom. The molecule has 7 nitrogen and oxygen atoms in total. The van der Waals surface area contributed by atoms with E-state index in [9.17, 15) is 14.4 Å². The maximum atomic E-state index is 13.7. The lowest BCUT2D eigenvalue weighted by Crippen LogP contribution is -2.52. The Hall–Kier alpha value is -2.57. The number of carbonyl (C=O) groups is 3. The molecule has 0 saturated heterocycles. The van der Waals surface area contributed by atoms with Crippen molar-refractivity contribution in [2.45, 2.75) is 112 Å². The number of hydrogen-bond acceptors (Lipinski definition) is 4. The van der Waals surface area contributed by atoms with Crippen LogP contribution in [-0.2, 0) is 14.3 Å². The molecule has 0 aliphatic rings. The summed E-state index contributed by atoms with van der Waals surface area (Å²) in [5.74, 6) is -0.496. The van der Waals surface area contributed by atoms with Crippen LogP contribution in [0, 0.1) is 13.8 Å². The van der Waals surface area contributed by atoms with Gasteiger partial charge in [-0.15, -0.1) is 0 Å². The predicted molar refractivity (Wildman–Crippen MR) is 141 cm³/mol. The molecular weight excluding hydrogens is 442 g/mol. The zero-order valence-electron chi connectivity index (χ0n) is 23.1. The highest BCUT2D eigenvalue weighted by Gasteiger charge is 2.35. The molecule has 1 rings (SSSR count). The van der Waals surface area contributed by atoms with Crippen molar-refractivity contribution >= 4 is 17.9 Å². The Bertz CT molecular complexity index is 832. The van der Waals surface area contributed by atoms with Gasteiger partial charge in [0, 0.05) is 13.1 Å². The summed E-state index contributed by atoms with van der Waals surface area (Å²) in [6.45, 7) is 16.1. The van der Waals surface area contributed by atoms with Crippen molar-refractivity contribution in [1.82, 2.24) is 15.5 Å². The molecule has 0 saturated carbocycles. The summed E-state index contributed by atoms with van der Waals surface area (Å²) in [5.41, 5.74) is 2.11. The average Bonchev–Trinajstić information content (AvgIpc) is 2.76. The molecule has 0 bridgehead atoms. The summed E-state index contributed by atoms with van der Waals surface area (Å²) in [6, 6.07) is 4.36. The van der Waals surface area contributed by atoms with Crippen molar-refractivity contribution in [3.63, 3.8) is 0 Å². The topological polar surface area (TPSA) is 87.7 Å². The number of aryl methyl sites for hydroxylation is 2. The number of unbranched alkanes of at least 4 members (excludes halogenated alkanes) is 4. The first-order chi connectivity index (χ1) is 16.4. The Labute approximate surface area is 212 Å². The number of rotatable bonds is 13. The number of nitrogens with zero attached hydrogens (tertiary/aromatic N) is 1. The standard InChI is InChI=1S/C28H47N3O4/c1-9-11-13-14-18-31(26(33)22(5)30-27(34)35-28(6,7)8)24(25(32)29-17-12-10-2)23-19-20(3)15-16-21(23)4/h15-16,19,22,24H,9-14,17-18H2,1-8H3,(H,29,32)(H,30,34). The molecule has 1 aromatic carbocycles. The van der Waals surface area contributed by atoms with Crippen LogP contribution in [0.15, 0.2) is 18.2 Å². The highest BCUT2D eigenvalue weighted by Crippen LogP contribution is 2.27. The highest BCUT2D eigenvalue weighted by molar-refractivity contribution is 5.92. The van der Waals surface area contributed by atoms with E-state index in [1.165, 1.54) is 0 Å². The van der Waals surface area contributed by atoms with Gasteiger partial charge in [0.1, 0.15) is 17.7 Å². The number of nitrogens with one attached hydrogen (secondary N) is 2. The first kappa shape index (κ1) is 30.5. The molecule has 35 heavy (non-hydrogen) atoms. The summed E-state index contributed by atoms with van der Waals surface area (Å²) >= 11 is 0. The molecule has 7 heteroatoms. The monoisotopic (exact) mass is 489 g/mol. The number of carbonyl (C=O) groups excluding carboxylic acids is 3. The minimum Gasteiger partial charge on any atom is -0.444 e. The second-order valence-corrected chi connectivity index (χ2v) is 10.4. The SMILES string of the molecule is CCCCCCN(C(=O)C(C)NC(=O)OC(C)(C)C)C(C(=O)NCCCC)c1cc(C)ccc1C. The Morgan fingerprint density at radius 3 is 2.26 bits per heavy atom. The highest BCUT2D eigenvalue weighted by atomic mass is 16.6. The van der Waals surface area contributed by atoms with Gasteiger partial charge in [-0.25, -0.2) is 4.79 Å². The van der Waals surface area contributed by atoms with Crippen LogP contribution in [0.3, 0.4) is 0 Å². The quantitative estimate of drug-likeness (QED) is 0.354. The maximum Gasteiger partial charge on any atom is 0.408 e. The number of alkyl carbamates (subject to hydrolysis) is 1. The minimum absolute atomic E-state index is 0.194. The molecule has 0 radical (unpaired) electrons. The molecular formula is C28H47N3O4. The molecule has 0 aliphatic heterocycles. The van der Waals surface area contributed by atoms with Crippen LogP contribution in [0.25, 0.3) is 0 Å². The van der Waals surface area contributed by atoms with Gasteiger partial charge in [-0.1, -0.05) is 63.3 Å². The van der Waals surface area contributed by atoms with Crippen molar-refractivity contribution in [3.8, 4) is 0 Å². The van der Waals surface area contributed by atoms with Gasteiger partial charge in [-0.3, -0.25) is 9.59 Å². The largest absolute Gasteiger partial charge is 0.444 e. The van der Waals surface area contributed by atoms with Gasteiger partial charge in [-0.2, -0.15) is 0 Å². The summed E-state index contributed by atoms with van der Waals surface area (Å²) in [7, 11) is 0. The van der Waals surface area contributed by atoms with Crippen LogP contribution in [0.4, 0.5) is 4.79 Å². The Balaban J connectivity index is 3.34. The van der Waals surface area contributed by atoms with E-state index in [4.69, 9.17) is 4.74 Å². The van der Waals surface area contributed by atoms with E-state index in [1.807, 2.05) is 32.0 Å². The van der Waals surface area contributed by atoms with Crippen LogP contribution >= 0.6 is 0 Å². The summed E-state index contributed by atoms with van der Waals surface area (Å²) in [6.07, 6.45) is 5.05. The fourth-order valence-corrected chi connectivity index (χ4v) is 3.86. The van der Waals surface area contributed by atoms with Gasteiger partial charge in [0.25, 0.3) is 0 Å². The fourth-order valence-electron chi connectivity index (χ4n) is 3.86. The van der Waals surface area contributed by atoms with Gasteiger partial charge in [0.15, 0.2) is 0 Å². The van der Waals surface area contributed by atoms with Gasteiger partial charge < -0.3 is 20.3 Å². The van der Waals surface area contributed by atoms with Crippen LogP contribution in [0.1, 0.15) is 103 Å². The van der Waals surface area contributed by atoms with Crippen LogP contribution in [-0.4, -0.2) is 47.5 Å². The second kappa shape index (κ2) is 14.7. The lowest BCUT2D eigenvalue weighted by molar-refractivity contribution is -0.142. The number of ether oxygens (including phenoxy) is 1. The molecule has 0 aliphatic carbocycles. The van der Waals surface area contributed by atoms with E-state index in [-0.39, 0.29) is 11.8 Å². The van der Waals surface area contributed by atoms with Crippen molar-refractivity contribution in [1.29, 1.82) is 0 Å². The van der Waals surface area contributed by atoms with Crippen molar-refractivity contribution in [3.05, 3.63) is 34.9 Å². The predicted octanol–water partition coefficient (Wildman–Crippen LogP) is 5.58. The summed E-state index contributed by atoms with van der Waals surface area (Å²) in [4.78, 5) is 41.3. The third-order valence-electron chi connectivity index (χ3n) is 5.76. The van der Waals surface area contributed by atoms with Crippen LogP contribution in [0.2, 0.25) is 0 Å². The molecule has 2 N–H and O–H groups in total. The van der Waals surface area contributed by atoms with Crippen molar-refractivity contribution in [2.75, 3.05) is 13.1 Å². The second-order valence-electron chi connectivity index (χ2n) is 10.4. The van der Waals surface area contributed by atoms with Crippen molar-refractivity contribution in [2.24, 2.45) is 0 Å². The average molecular weight is 490 g/mol. The Morgan fingerprint density at radius 1 is 1.00 bits per heavy atom. The zero-order valence-corrected chi connectivity index (χ0v) is 23.1. The third kappa shape index (κ3) is 10.7. The normalized spacial score (nSPS) is 13.0. The van der Waals surface area contributed by atoms with Crippen LogP contribution in [0.5, 0.6) is 0 Å². The summed E-state index contributed by atoms with van der Waals surface area (Å²) < 4.78 is 5.34. The molecule has 0 fully saturated rings. The molecule has 0 aromatic heterocycles. The smallest absolute Gasteiger partial charge is 0.408 e. The fraction of sp³-hybridized carbons (Fsp3) is 0.679. The van der Waals surface area contributed by atoms with Gasteiger partial charge >= 0.3 is 6.09 Å². The molecule has 2 atom stereocenters. The Kier molecular flexibility index (Phi) is 12.8. The third-order valence-corrected chi connectivity index (χ3v) is 5.76. The van der Waals surface area contributed by atoms with E-state index >= 15 is 0 Å².